The number of nitrogens with one attached hydrogen (secondary N) is 1. The van der Waals surface area contributed by atoms with E-state index >= 15 is 0 Å². The van der Waals surface area contributed by atoms with Crippen LogP contribution in [0.2, 0.25) is 0 Å². The van der Waals surface area contributed by atoms with Crippen LogP contribution in [0.15, 0.2) is 48.5 Å². The molecule has 2 aromatic rings. The number of rotatable bonds is 5. The molecular weight excluding hydrogens is 432 g/mol. The van der Waals surface area contributed by atoms with Crippen molar-refractivity contribution in [3.8, 4) is 11.5 Å². The van der Waals surface area contributed by atoms with E-state index in [1.165, 1.54) is 4.90 Å². The molecule has 0 aromatic heterocycles. The Morgan fingerprint density at radius 1 is 1.06 bits per heavy atom. The molecule has 2 fully saturated rings. The second kappa shape index (κ2) is 8.15. The molecule has 34 heavy (non-hydrogen) atoms. The Kier molecular flexibility index (Phi) is 5.38. The van der Waals surface area contributed by atoms with Gasteiger partial charge in [0.2, 0.25) is 17.7 Å². The predicted molar refractivity (Wildman–Crippen MR) is 126 cm³/mol. The fourth-order valence-electron chi connectivity index (χ4n) is 5.63. The van der Waals surface area contributed by atoms with E-state index in [4.69, 9.17) is 9.47 Å². The number of fused-ring (bicyclic) bond motifs is 3. The molecule has 3 aliphatic rings. The molecule has 178 valence electrons. The van der Waals surface area contributed by atoms with E-state index in [9.17, 15) is 14.4 Å². The summed E-state index contributed by atoms with van der Waals surface area (Å²) in [6.45, 7) is 6.85. The third kappa shape index (κ3) is 3.45. The lowest BCUT2D eigenvalue weighted by Gasteiger charge is -2.49. The number of piperidine rings is 1. The number of ether oxygens (including phenoxy) is 2. The van der Waals surface area contributed by atoms with Gasteiger partial charge in [-0.2, -0.15) is 0 Å². The standard InChI is InChI=1S/C27H30N2O5/c1-26(2)19-11-12-27(26,3)25(32)29(24(19)31)20(15-17-7-5-4-6-8-17)23(30)28-18-9-10-21-22(16-18)34-14-13-33-21/h4-10,16,19-20H,11-15H2,1-3H3,(H,28,30). The molecule has 3 atom stereocenters. The van der Waals surface area contributed by atoms with E-state index in [0.29, 0.717) is 43.2 Å². The van der Waals surface area contributed by atoms with Crippen molar-refractivity contribution in [2.24, 2.45) is 16.7 Å². The third-order valence-corrected chi connectivity index (χ3v) is 8.15. The number of nitrogens with zero attached hydrogens (tertiary/aromatic N) is 1. The molecule has 2 aliphatic heterocycles. The number of likely N-dealkylation sites (tertiary alicyclic amines) is 1. The highest BCUT2D eigenvalue weighted by Gasteiger charge is 2.65. The topological polar surface area (TPSA) is 84.9 Å². The zero-order chi connectivity index (χ0) is 24.1. The van der Waals surface area contributed by atoms with Gasteiger partial charge in [0, 0.05) is 24.1 Å². The summed E-state index contributed by atoms with van der Waals surface area (Å²) in [5, 5.41) is 2.91. The zero-order valence-corrected chi connectivity index (χ0v) is 19.8. The molecule has 2 aromatic carbocycles. The van der Waals surface area contributed by atoms with Crippen LogP contribution in [0, 0.1) is 16.7 Å². The summed E-state index contributed by atoms with van der Waals surface area (Å²) >= 11 is 0. The lowest BCUT2D eigenvalue weighted by Crippen LogP contribution is -2.64. The van der Waals surface area contributed by atoms with E-state index in [-0.39, 0.29) is 24.2 Å². The number of benzene rings is 2. The van der Waals surface area contributed by atoms with Gasteiger partial charge in [0.1, 0.15) is 19.3 Å². The fraction of sp³-hybridized carbons (Fsp3) is 0.444. The van der Waals surface area contributed by atoms with Gasteiger partial charge in [-0.05, 0) is 36.0 Å². The number of carbonyl (C=O) groups excluding carboxylic acids is 3. The minimum absolute atomic E-state index is 0.247. The summed E-state index contributed by atoms with van der Waals surface area (Å²) in [7, 11) is 0. The normalized spacial score (nSPS) is 25.7. The average molecular weight is 463 g/mol. The minimum Gasteiger partial charge on any atom is -0.486 e. The van der Waals surface area contributed by atoms with Gasteiger partial charge >= 0.3 is 0 Å². The highest BCUT2D eigenvalue weighted by molar-refractivity contribution is 6.09. The van der Waals surface area contributed by atoms with Gasteiger partial charge in [-0.25, -0.2) is 0 Å². The molecule has 5 rings (SSSR count). The molecule has 3 amide bonds. The summed E-state index contributed by atoms with van der Waals surface area (Å²) in [6.07, 6.45) is 1.55. The lowest BCUT2D eigenvalue weighted by molar-refractivity contribution is -0.172. The first-order valence-electron chi connectivity index (χ1n) is 11.8. The van der Waals surface area contributed by atoms with Crippen LogP contribution in [0.1, 0.15) is 39.2 Å². The Hall–Kier alpha value is -3.35. The van der Waals surface area contributed by atoms with E-state index < -0.39 is 22.8 Å². The van der Waals surface area contributed by atoms with Crippen LogP contribution in [0.4, 0.5) is 5.69 Å². The Labute approximate surface area is 199 Å². The molecule has 1 saturated heterocycles. The van der Waals surface area contributed by atoms with Crippen LogP contribution in [-0.4, -0.2) is 41.9 Å². The van der Waals surface area contributed by atoms with Gasteiger partial charge in [-0.3, -0.25) is 19.3 Å². The van der Waals surface area contributed by atoms with E-state index in [1.807, 2.05) is 51.1 Å². The van der Waals surface area contributed by atoms with Crippen molar-refractivity contribution in [2.75, 3.05) is 18.5 Å². The molecule has 0 spiro atoms. The first kappa shape index (κ1) is 22.4. The van der Waals surface area contributed by atoms with Gasteiger partial charge in [-0.15, -0.1) is 0 Å². The molecule has 3 unspecified atom stereocenters. The lowest BCUT2D eigenvalue weighted by atomic mass is 9.62. The van der Waals surface area contributed by atoms with E-state index in [2.05, 4.69) is 5.32 Å². The minimum atomic E-state index is -0.952. The average Bonchev–Trinajstić information content (AvgIpc) is 3.01. The molecule has 1 N–H and O–H groups in total. The van der Waals surface area contributed by atoms with Crippen LogP contribution in [-0.2, 0) is 20.8 Å². The molecule has 0 radical (unpaired) electrons. The quantitative estimate of drug-likeness (QED) is 0.683. The molecule has 2 bridgehead atoms. The van der Waals surface area contributed by atoms with Crippen LogP contribution < -0.4 is 14.8 Å². The maximum atomic E-state index is 13.8. The van der Waals surface area contributed by atoms with Crippen molar-refractivity contribution >= 4 is 23.4 Å². The number of carbonyl (C=O) groups is 3. The van der Waals surface area contributed by atoms with Gasteiger partial charge < -0.3 is 14.8 Å². The monoisotopic (exact) mass is 462 g/mol. The first-order valence-corrected chi connectivity index (χ1v) is 11.8. The zero-order valence-electron chi connectivity index (χ0n) is 19.8. The molecule has 7 nitrogen and oxygen atoms in total. The van der Waals surface area contributed by atoms with Gasteiger partial charge in [-0.1, -0.05) is 51.1 Å². The van der Waals surface area contributed by atoms with Crippen molar-refractivity contribution in [2.45, 2.75) is 46.1 Å². The van der Waals surface area contributed by atoms with E-state index in [0.717, 1.165) is 5.56 Å². The highest BCUT2D eigenvalue weighted by atomic mass is 16.6. The first-order chi connectivity index (χ1) is 16.2. The number of imide groups is 1. The SMILES string of the molecule is CC12CCC(C(=O)N(C(Cc3ccccc3)C(=O)Nc3ccc4c(c3)OCCO4)C1=O)C2(C)C. The van der Waals surface area contributed by atoms with Crippen molar-refractivity contribution < 1.29 is 23.9 Å². The van der Waals surface area contributed by atoms with Gasteiger partial charge in [0.25, 0.3) is 0 Å². The largest absolute Gasteiger partial charge is 0.486 e. The fourth-order valence-corrected chi connectivity index (χ4v) is 5.63. The summed E-state index contributed by atoms with van der Waals surface area (Å²) in [4.78, 5) is 42.3. The third-order valence-electron chi connectivity index (χ3n) is 8.15. The highest BCUT2D eigenvalue weighted by Crippen LogP contribution is 2.60. The maximum Gasteiger partial charge on any atom is 0.248 e. The maximum absolute atomic E-state index is 13.8. The molecule has 2 heterocycles. The van der Waals surface area contributed by atoms with Crippen molar-refractivity contribution in [3.63, 3.8) is 0 Å². The van der Waals surface area contributed by atoms with Gasteiger partial charge in [0.05, 0.1) is 5.41 Å². The molecule has 1 saturated carbocycles. The Morgan fingerprint density at radius 2 is 1.76 bits per heavy atom. The van der Waals surface area contributed by atoms with Crippen molar-refractivity contribution in [1.29, 1.82) is 0 Å². The molecule has 7 heteroatoms. The number of anilines is 1. The second-order valence-corrected chi connectivity index (χ2v) is 10.2. The Balaban J connectivity index is 1.48. The summed E-state index contributed by atoms with van der Waals surface area (Å²) in [5.74, 6) is -0.00229. The van der Waals surface area contributed by atoms with Crippen molar-refractivity contribution in [1.82, 2.24) is 4.90 Å². The summed E-state index contributed by atoms with van der Waals surface area (Å²) in [5.41, 5.74) is 0.283. The second-order valence-electron chi connectivity index (χ2n) is 10.2. The smallest absolute Gasteiger partial charge is 0.248 e. The van der Waals surface area contributed by atoms with Crippen LogP contribution in [0.25, 0.3) is 0 Å². The van der Waals surface area contributed by atoms with Crippen LogP contribution in [0.3, 0.4) is 0 Å². The predicted octanol–water partition coefficient (Wildman–Crippen LogP) is 3.82. The van der Waals surface area contributed by atoms with E-state index in [1.54, 1.807) is 18.2 Å². The Morgan fingerprint density at radius 3 is 2.50 bits per heavy atom. The number of amides is 3. The summed E-state index contributed by atoms with van der Waals surface area (Å²) in [6, 6.07) is 13.7. The van der Waals surface area contributed by atoms with Crippen molar-refractivity contribution in [3.05, 3.63) is 54.1 Å². The van der Waals surface area contributed by atoms with Crippen LogP contribution in [0.5, 0.6) is 11.5 Å². The summed E-state index contributed by atoms with van der Waals surface area (Å²) < 4.78 is 11.2. The van der Waals surface area contributed by atoms with Gasteiger partial charge in [0.15, 0.2) is 11.5 Å². The molecule has 1 aliphatic carbocycles. The number of hydrogen-bond donors (Lipinski definition) is 1. The number of hydrogen-bond acceptors (Lipinski definition) is 5. The Bertz CT molecular complexity index is 1140. The molecular formula is C27H30N2O5. The van der Waals surface area contributed by atoms with Crippen LogP contribution >= 0.6 is 0 Å².